The van der Waals surface area contributed by atoms with Crippen LogP contribution in [0.15, 0.2) is 59.9 Å². The van der Waals surface area contributed by atoms with Gasteiger partial charge in [-0.2, -0.15) is 0 Å². The highest BCUT2D eigenvalue weighted by Gasteiger charge is 2.21. The van der Waals surface area contributed by atoms with Crippen molar-refractivity contribution in [1.82, 2.24) is 19.8 Å². The number of rotatable bonds is 7. The Hall–Kier alpha value is -3.48. The number of hydrogen-bond acceptors (Lipinski definition) is 4. The van der Waals surface area contributed by atoms with E-state index in [0.29, 0.717) is 6.54 Å². The summed E-state index contributed by atoms with van der Waals surface area (Å²) in [4.78, 5) is 11.8. The van der Waals surface area contributed by atoms with Crippen molar-refractivity contribution in [3.05, 3.63) is 77.4 Å². The molecule has 4 rings (SSSR count). The van der Waals surface area contributed by atoms with Crippen LogP contribution in [0.5, 0.6) is 11.5 Å². The Labute approximate surface area is 189 Å². The maximum Gasteiger partial charge on any atom is 0.194 e. The van der Waals surface area contributed by atoms with Crippen molar-refractivity contribution in [3.8, 4) is 11.5 Å². The van der Waals surface area contributed by atoms with Crippen molar-refractivity contribution in [2.45, 2.75) is 33.0 Å². The molecule has 2 heterocycles. The number of nitrogens with one attached hydrogen (secondary N) is 1. The smallest absolute Gasteiger partial charge is 0.194 e. The maximum absolute atomic E-state index is 5.50. The summed E-state index contributed by atoms with van der Waals surface area (Å²) in [6, 6.07) is 14.6. The highest BCUT2D eigenvalue weighted by molar-refractivity contribution is 5.80. The van der Waals surface area contributed by atoms with Crippen molar-refractivity contribution >= 4 is 5.96 Å². The second-order valence-electron chi connectivity index (χ2n) is 7.77. The number of aliphatic imine (C=N–C) groups is 1. The SMILES string of the molecule is CCNC(=NCc1nccn1Cc1ccccc1)N1CCc2cc(OC)c(OC)cc2C1. The van der Waals surface area contributed by atoms with Crippen LogP contribution < -0.4 is 14.8 Å². The van der Waals surface area contributed by atoms with Crippen molar-refractivity contribution in [2.75, 3.05) is 27.3 Å². The third-order valence-electron chi connectivity index (χ3n) is 5.72. The molecule has 0 amide bonds. The number of fused-ring (bicyclic) bond motifs is 1. The second kappa shape index (κ2) is 10.2. The van der Waals surface area contributed by atoms with E-state index < -0.39 is 0 Å². The van der Waals surface area contributed by atoms with Crippen LogP contribution in [0, 0.1) is 0 Å². The first-order chi connectivity index (χ1) is 15.7. The highest BCUT2D eigenvalue weighted by atomic mass is 16.5. The molecule has 32 heavy (non-hydrogen) atoms. The Balaban J connectivity index is 1.51. The minimum absolute atomic E-state index is 0.525. The fourth-order valence-corrected chi connectivity index (χ4v) is 4.05. The number of nitrogens with zero attached hydrogens (tertiary/aromatic N) is 4. The quantitative estimate of drug-likeness (QED) is 0.457. The minimum Gasteiger partial charge on any atom is -0.493 e. The molecule has 1 N–H and O–H groups in total. The van der Waals surface area contributed by atoms with Gasteiger partial charge in [-0.1, -0.05) is 30.3 Å². The van der Waals surface area contributed by atoms with Crippen LogP contribution in [-0.2, 0) is 26.1 Å². The Morgan fingerprint density at radius 2 is 1.84 bits per heavy atom. The third kappa shape index (κ3) is 4.88. The number of guanidine groups is 1. The molecule has 2 aromatic carbocycles. The Kier molecular flexibility index (Phi) is 6.94. The summed E-state index contributed by atoms with van der Waals surface area (Å²) in [5.41, 5.74) is 3.79. The van der Waals surface area contributed by atoms with E-state index in [9.17, 15) is 0 Å². The normalized spacial score (nSPS) is 13.6. The van der Waals surface area contributed by atoms with Crippen molar-refractivity contribution in [2.24, 2.45) is 4.99 Å². The Morgan fingerprint density at radius 1 is 1.09 bits per heavy atom. The summed E-state index contributed by atoms with van der Waals surface area (Å²) in [5, 5.41) is 3.45. The predicted molar refractivity (Wildman–Crippen MR) is 126 cm³/mol. The lowest BCUT2D eigenvalue weighted by molar-refractivity contribution is 0.346. The van der Waals surface area contributed by atoms with Crippen molar-refractivity contribution in [1.29, 1.82) is 0 Å². The van der Waals surface area contributed by atoms with Gasteiger partial charge in [-0.05, 0) is 42.2 Å². The minimum atomic E-state index is 0.525. The molecule has 7 nitrogen and oxygen atoms in total. The molecule has 0 aliphatic carbocycles. The van der Waals surface area contributed by atoms with Crippen LogP contribution in [0.25, 0.3) is 0 Å². The van der Waals surface area contributed by atoms with Crippen LogP contribution in [0.3, 0.4) is 0 Å². The van der Waals surface area contributed by atoms with Crippen molar-refractivity contribution in [3.63, 3.8) is 0 Å². The summed E-state index contributed by atoms with van der Waals surface area (Å²) in [6.45, 7) is 5.90. The second-order valence-corrected chi connectivity index (χ2v) is 7.77. The van der Waals surface area contributed by atoms with Gasteiger partial charge in [0.1, 0.15) is 12.4 Å². The molecule has 0 unspecified atom stereocenters. The van der Waals surface area contributed by atoms with E-state index in [2.05, 4.69) is 63.1 Å². The number of hydrogen-bond donors (Lipinski definition) is 1. The van der Waals surface area contributed by atoms with E-state index in [1.165, 1.54) is 16.7 Å². The molecule has 0 radical (unpaired) electrons. The summed E-state index contributed by atoms with van der Waals surface area (Å²) >= 11 is 0. The lowest BCUT2D eigenvalue weighted by Gasteiger charge is -2.32. The first-order valence-corrected chi connectivity index (χ1v) is 11.0. The van der Waals surface area contributed by atoms with Gasteiger partial charge in [-0.25, -0.2) is 9.98 Å². The van der Waals surface area contributed by atoms with Gasteiger partial charge >= 0.3 is 0 Å². The van der Waals surface area contributed by atoms with E-state index in [0.717, 1.165) is 55.9 Å². The lowest BCUT2D eigenvalue weighted by atomic mass is 9.99. The standard InChI is InChI=1S/C25H31N5O2/c1-4-26-25(28-16-24-27-11-13-29(24)17-19-8-6-5-7-9-19)30-12-10-20-14-22(31-2)23(32-3)15-21(20)18-30/h5-9,11,13-15H,4,10,12,16-18H2,1-3H3,(H,26,28). The number of imidazole rings is 1. The summed E-state index contributed by atoms with van der Waals surface area (Å²) < 4.78 is 13.1. The van der Waals surface area contributed by atoms with Gasteiger partial charge in [0.05, 0.1) is 14.2 Å². The van der Waals surface area contributed by atoms with Crippen LogP contribution >= 0.6 is 0 Å². The van der Waals surface area contributed by atoms with E-state index in [4.69, 9.17) is 14.5 Å². The van der Waals surface area contributed by atoms with Gasteiger partial charge in [0.15, 0.2) is 17.5 Å². The van der Waals surface area contributed by atoms with E-state index in [1.54, 1.807) is 14.2 Å². The molecule has 1 aliphatic rings. The molecule has 7 heteroatoms. The van der Waals surface area contributed by atoms with Crippen molar-refractivity contribution < 1.29 is 9.47 Å². The monoisotopic (exact) mass is 433 g/mol. The van der Waals surface area contributed by atoms with Gasteiger partial charge in [-0.15, -0.1) is 0 Å². The van der Waals surface area contributed by atoms with E-state index >= 15 is 0 Å². The average molecular weight is 434 g/mol. The fourth-order valence-electron chi connectivity index (χ4n) is 4.05. The summed E-state index contributed by atoms with van der Waals surface area (Å²) in [5.74, 6) is 3.40. The van der Waals surface area contributed by atoms with Gasteiger partial charge in [-0.3, -0.25) is 0 Å². The largest absolute Gasteiger partial charge is 0.493 e. The van der Waals surface area contributed by atoms with E-state index in [1.807, 2.05) is 18.5 Å². The zero-order chi connectivity index (χ0) is 22.3. The number of benzene rings is 2. The van der Waals surface area contributed by atoms with Crippen LogP contribution in [0.4, 0.5) is 0 Å². The van der Waals surface area contributed by atoms with Gasteiger partial charge < -0.3 is 24.3 Å². The molecule has 0 saturated carbocycles. The summed E-state index contributed by atoms with van der Waals surface area (Å²) in [6.07, 6.45) is 4.79. The topological polar surface area (TPSA) is 63.9 Å². The molecule has 1 aromatic heterocycles. The molecule has 0 spiro atoms. The zero-order valence-corrected chi connectivity index (χ0v) is 19.0. The molecule has 0 saturated heterocycles. The van der Waals surface area contributed by atoms with Crippen LogP contribution in [0.1, 0.15) is 29.4 Å². The lowest BCUT2D eigenvalue weighted by Crippen LogP contribution is -2.44. The molecular weight excluding hydrogens is 402 g/mol. The molecule has 0 bridgehead atoms. The predicted octanol–water partition coefficient (Wildman–Crippen LogP) is 3.47. The van der Waals surface area contributed by atoms with Crippen LogP contribution in [0.2, 0.25) is 0 Å². The summed E-state index contributed by atoms with van der Waals surface area (Å²) in [7, 11) is 3.35. The van der Waals surface area contributed by atoms with Gasteiger partial charge in [0.25, 0.3) is 0 Å². The zero-order valence-electron chi connectivity index (χ0n) is 19.0. The highest BCUT2D eigenvalue weighted by Crippen LogP contribution is 2.33. The molecule has 1 aliphatic heterocycles. The molecule has 0 atom stereocenters. The first-order valence-electron chi connectivity index (χ1n) is 11.0. The van der Waals surface area contributed by atoms with Crippen LogP contribution in [-0.4, -0.2) is 47.7 Å². The maximum atomic E-state index is 5.50. The van der Waals surface area contributed by atoms with Gasteiger partial charge in [0, 0.05) is 38.6 Å². The fraction of sp³-hybridized carbons (Fsp3) is 0.360. The molecule has 0 fully saturated rings. The molecule has 168 valence electrons. The Bertz CT molecular complexity index is 1060. The number of aromatic nitrogens is 2. The third-order valence-corrected chi connectivity index (χ3v) is 5.72. The van der Waals surface area contributed by atoms with E-state index in [-0.39, 0.29) is 0 Å². The Morgan fingerprint density at radius 3 is 2.56 bits per heavy atom. The molecular formula is C25H31N5O2. The molecule has 3 aromatic rings. The number of methoxy groups -OCH3 is 2. The first kappa shape index (κ1) is 21.7. The van der Waals surface area contributed by atoms with Gasteiger partial charge in [0.2, 0.25) is 0 Å². The number of ether oxygens (including phenoxy) is 2. The average Bonchev–Trinajstić information content (AvgIpc) is 3.27.